The third kappa shape index (κ3) is 3.33. The van der Waals surface area contributed by atoms with Crippen LogP contribution in [0.1, 0.15) is 11.7 Å². The molecule has 0 unspecified atom stereocenters. The van der Waals surface area contributed by atoms with Crippen molar-refractivity contribution in [1.29, 1.82) is 0 Å². The number of benzene rings is 1. The SMILES string of the molecule is COc1cccc(N2CCN(Cc3noc(C)n3)CC2)c1. The van der Waals surface area contributed by atoms with E-state index in [2.05, 4.69) is 32.1 Å². The molecule has 1 aliphatic heterocycles. The molecule has 6 nitrogen and oxygen atoms in total. The van der Waals surface area contributed by atoms with Gasteiger partial charge in [0.2, 0.25) is 5.89 Å². The van der Waals surface area contributed by atoms with Crippen LogP contribution in [0, 0.1) is 6.92 Å². The van der Waals surface area contributed by atoms with Crippen LogP contribution in [0.3, 0.4) is 0 Å². The zero-order valence-corrected chi connectivity index (χ0v) is 12.5. The zero-order chi connectivity index (χ0) is 14.7. The summed E-state index contributed by atoms with van der Waals surface area (Å²) >= 11 is 0. The lowest BCUT2D eigenvalue weighted by Crippen LogP contribution is -2.46. The molecule has 2 aromatic rings. The zero-order valence-electron chi connectivity index (χ0n) is 12.5. The fourth-order valence-corrected chi connectivity index (χ4v) is 2.58. The molecule has 1 aliphatic rings. The molecule has 1 aromatic heterocycles. The van der Waals surface area contributed by atoms with Crippen LogP contribution in [0.25, 0.3) is 0 Å². The molecule has 2 heterocycles. The summed E-state index contributed by atoms with van der Waals surface area (Å²) in [7, 11) is 1.70. The second-order valence-electron chi connectivity index (χ2n) is 5.19. The topological polar surface area (TPSA) is 54.6 Å². The number of aryl methyl sites for hydroxylation is 1. The minimum absolute atomic E-state index is 0.625. The van der Waals surface area contributed by atoms with Crippen molar-refractivity contribution in [3.05, 3.63) is 36.0 Å². The molecule has 0 atom stereocenters. The predicted molar refractivity (Wildman–Crippen MR) is 79.5 cm³/mol. The highest BCUT2D eigenvalue weighted by Crippen LogP contribution is 2.22. The van der Waals surface area contributed by atoms with E-state index in [1.807, 2.05) is 19.1 Å². The lowest BCUT2D eigenvalue weighted by molar-refractivity contribution is 0.240. The molecule has 112 valence electrons. The molecule has 0 radical (unpaired) electrons. The van der Waals surface area contributed by atoms with Crippen LogP contribution in [0.5, 0.6) is 5.75 Å². The van der Waals surface area contributed by atoms with Crippen LogP contribution in [0.15, 0.2) is 28.8 Å². The standard InChI is InChI=1S/C15H20N4O2/c1-12-16-15(17-21-12)11-18-6-8-19(9-7-18)13-4-3-5-14(10-13)20-2/h3-5,10H,6-9,11H2,1-2H3. The molecular weight excluding hydrogens is 268 g/mol. The molecule has 3 rings (SSSR count). The van der Waals surface area contributed by atoms with Gasteiger partial charge in [0.15, 0.2) is 5.82 Å². The molecule has 0 amide bonds. The van der Waals surface area contributed by atoms with Crippen LogP contribution in [-0.2, 0) is 6.54 Å². The van der Waals surface area contributed by atoms with E-state index < -0.39 is 0 Å². The van der Waals surface area contributed by atoms with E-state index in [4.69, 9.17) is 9.26 Å². The molecule has 0 N–H and O–H groups in total. The molecular formula is C15H20N4O2. The summed E-state index contributed by atoms with van der Waals surface area (Å²) < 4.78 is 10.3. The molecule has 1 fully saturated rings. The molecule has 6 heteroatoms. The third-order valence-electron chi connectivity index (χ3n) is 3.73. The number of hydrogen-bond acceptors (Lipinski definition) is 6. The van der Waals surface area contributed by atoms with E-state index in [0.717, 1.165) is 44.3 Å². The molecule has 21 heavy (non-hydrogen) atoms. The number of methoxy groups -OCH3 is 1. The first kappa shape index (κ1) is 13.9. The van der Waals surface area contributed by atoms with Gasteiger partial charge >= 0.3 is 0 Å². The van der Waals surface area contributed by atoms with Crippen molar-refractivity contribution >= 4 is 5.69 Å². The number of ether oxygens (including phenoxy) is 1. The molecule has 0 aliphatic carbocycles. The van der Waals surface area contributed by atoms with E-state index in [1.54, 1.807) is 7.11 Å². The van der Waals surface area contributed by atoms with Crippen LogP contribution in [0.2, 0.25) is 0 Å². The van der Waals surface area contributed by atoms with Crippen LogP contribution >= 0.6 is 0 Å². The van der Waals surface area contributed by atoms with Crippen LogP contribution in [-0.4, -0.2) is 48.3 Å². The lowest BCUT2D eigenvalue weighted by atomic mass is 10.2. The summed E-state index contributed by atoms with van der Waals surface area (Å²) in [5.41, 5.74) is 1.21. The fraction of sp³-hybridized carbons (Fsp3) is 0.467. The van der Waals surface area contributed by atoms with E-state index in [1.165, 1.54) is 5.69 Å². The Kier molecular flexibility index (Phi) is 4.06. The van der Waals surface area contributed by atoms with E-state index >= 15 is 0 Å². The Morgan fingerprint density at radius 1 is 1.24 bits per heavy atom. The second-order valence-corrected chi connectivity index (χ2v) is 5.19. The number of piperazine rings is 1. The Labute approximate surface area is 124 Å². The van der Waals surface area contributed by atoms with Crippen LogP contribution < -0.4 is 9.64 Å². The van der Waals surface area contributed by atoms with Gasteiger partial charge in [0.1, 0.15) is 5.75 Å². The predicted octanol–water partition coefficient (Wildman–Crippen LogP) is 1.71. The summed E-state index contributed by atoms with van der Waals surface area (Å²) in [5.74, 6) is 2.29. The smallest absolute Gasteiger partial charge is 0.223 e. The third-order valence-corrected chi connectivity index (χ3v) is 3.73. The minimum atomic E-state index is 0.625. The summed E-state index contributed by atoms with van der Waals surface area (Å²) in [6, 6.07) is 8.21. The number of nitrogens with zero attached hydrogens (tertiary/aromatic N) is 4. The van der Waals surface area contributed by atoms with Crippen molar-refractivity contribution < 1.29 is 9.26 Å². The molecule has 1 aromatic carbocycles. The number of hydrogen-bond donors (Lipinski definition) is 0. The van der Waals surface area contributed by atoms with Gasteiger partial charge in [-0.2, -0.15) is 4.98 Å². The Hall–Kier alpha value is -2.08. The Balaban J connectivity index is 1.57. The lowest BCUT2D eigenvalue weighted by Gasteiger charge is -2.35. The van der Waals surface area contributed by atoms with E-state index in [0.29, 0.717) is 5.89 Å². The first-order chi connectivity index (χ1) is 10.2. The van der Waals surface area contributed by atoms with Crippen molar-refractivity contribution in [2.24, 2.45) is 0 Å². The minimum Gasteiger partial charge on any atom is -0.497 e. The summed E-state index contributed by atoms with van der Waals surface area (Å²) in [6.07, 6.45) is 0. The molecule has 0 spiro atoms. The monoisotopic (exact) mass is 288 g/mol. The molecule has 1 saturated heterocycles. The van der Waals surface area contributed by atoms with Gasteiger partial charge in [-0.3, -0.25) is 4.90 Å². The maximum absolute atomic E-state index is 5.28. The van der Waals surface area contributed by atoms with Gasteiger partial charge in [0.25, 0.3) is 0 Å². The van der Waals surface area contributed by atoms with E-state index in [9.17, 15) is 0 Å². The van der Waals surface area contributed by atoms with Gasteiger partial charge in [-0.15, -0.1) is 0 Å². The molecule has 0 saturated carbocycles. The van der Waals surface area contributed by atoms with Crippen molar-refractivity contribution in [3.63, 3.8) is 0 Å². The normalized spacial score (nSPS) is 16.2. The maximum Gasteiger partial charge on any atom is 0.223 e. The van der Waals surface area contributed by atoms with Gasteiger partial charge in [-0.05, 0) is 12.1 Å². The first-order valence-electron chi connectivity index (χ1n) is 7.15. The van der Waals surface area contributed by atoms with Crippen molar-refractivity contribution in [1.82, 2.24) is 15.0 Å². The van der Waals surface area contributed by atoms with Crippen molar-refractivity contribution in [2.45, 2.75) is 13.5 Å². The van der Waals surface area contributed by atoms with Gasteiger partial charge in [-0.1, -0.05) is 11.2 Å². The number of aromatic nitrogens is 2. The second kappa shape index (κ2) is 6.13. The van der Waals surface area contributed by atoms with Gasteiger partial charge in [-0.25, -0.2) is 0 Å². The summed E-state index contributed by atoms with van der Waals surface area (Å²) in [5, 5.41) is 3.95. The average Bonchev–Trinajstić information content (AvgIpc) is 2.93. The largest absolute Gasteiger partial charge is 0.497 e. The first-order valence-corrected chi connectivity index (χ1v) is 7.15. The van der Waals surface area contributed by atoms with Crippen molar-refractivity contribution in [2.75, 3.05) is 38.2 Å². The Morgan fingerprint density at radius 3 is 2.71 bits per heavy atom. The highest BCUT2D eigenvalue weighted by atomic mass is 16.5. The quantitative estimate of drug-likeness (QED) is 0.853. The number of rotatable bonds is 4. The average molecular weight is 288 g/mol. The van der Waals surface area contributed by atoms with Gasteiger partial charge < -0.3 is 14.2 Å². The summed E-state index contributed by atoms with van der Waals surface area (Å²) in [6.45, 7) is 6.53. The van der Waals surface area contributed by atoms with Gasteiger partial charge in [0, 0.05) is 44.9 Å². The summed E-state index contributed by atoms with van der Waals surface area (Å²) in [4.78, 5) is 8.98. The van der Waals surface area contributed by atoms with Crippen molar-refractivity contribution in [3.8, 4) is 5.75 Å². The van der Waals surface area contributed by atoms with E-state index in [-0.39, 0.29) is 0 Å². The highest BCUT2D eigenvalue weighted by molar-refractivity contribution is 5.51. The van der Waals surface area contributed by atoms with Gasteiger partial charge in [0.05, 0.1) is 13.7 Å². The Bertz CT molecular complexity index is 591. The fourth-order valence-electron chi connectivity index (χ4n) is 2.58. The molecule has 0 bridgehead atoms. The highest BCUT2D eigenvalue weighted by Gasteiger charge is 2.19. The maximum atomic E-state index is 5.28. The number of anilines is 1. The Morgan fingerprint density at radius 2 is 2.05 bits per heavy atom. The van der Waals surface area contributed by atoms with Crippen LogP contribution in [0.4, 0.5) is 5.69 Å².